The number of hydrogen-bond donors (Lipinski definition) is 1. The average molecular weight is 394 g/mol. The van der Waals surface area contributed by atoms with Crippen LogP contribution in [-0.2, 0) is 17.9 Å². The Bertz CT molecular complexity index is 635. The molecule has 2 rings (SSSR count). The van der Waals surface area contributed by atoms with Crippen molar-refractivity contribution in [3.05, 3.63) is 59.7 Å². The lowest BCUT2D eigenvalue weighted by Crippen LogP contribution is -2.18. The Kier molecular flexibility index (Phi) is 11.6. The number of nitrogens with one attached hydrogen (secondary N) is 1. The zero-order chi connectivity index (χ0) is 18.6. The number of para-hydroxylation sites is 1. The lowest BCUT2D eigenvalue weighted by atomic mass is 10.1. The summed E-state index contributed by atoms with van der Waals surface area (Å²) in [6.45, 7) is 9.68. The van der Waals surface area contributed by atoms with E-state index in [0.717, 1.165) is 48.7 Å². The van der Waals surface area contributed by atoms with Crippen LogP contribution in [0.5, 0.6) is 11.5 Å². The molecular weight excluding hydrogens is 362 g/mol. The van der Waals surface area contributed by atoms with Gasteiger partial charge in [-0.15, -0.1) is 12.4 Å². The summed E-state index contributed by atoms with van der Waals surface area (Å²) in [6.07, 6.45) is 1.28. The minimum atomic E-state index is 0. The number of benzene rings is 2. The van der Waals surface area contributed by atoms with E-state index in [1.165, 1.54) is 0 Å². The van der Waals surface area contributed by atoms with Crippen LogP contribution in [0, 0.1) is 0 Å². The molecule has 0 aliphatic rings. The largest absolute Gasteiger partial charge is 0.490 e. The standard InChI is InChI=1S/C22H31NO3.ClH/c1-4-24-21-13-8-12-20(16-23-14-9-15-25-18(2)3)22(21)26-17-19-10-6-5-7-11-19;/h5-8,10-13,18,23H,4,9,14-17H2,1-3H3;1H. The molecule has 0 atom stereocenters. The number of halogens is 1. The van der Waals surface area contributed by atoms with Gasteiger partial charge in [-0.25, -0.2) is 0 Å². The van der Waals surface area contributed by atoms with Gasteiger partial charge < -0.3 is 19.5 Å². The summed E-state index contributed by atoms with van der Waals surface area (Å²) in [5.74, 6) is 1.62. The van der Waals surface area contributed by atoms with Gasteiger partial charge >= 0.3 is 0 Å². The van der Waals surface area contributed by atoms with Crippen LogP contribution in [0.4, 0.5) is 0 Å². The molecule has 0 heterocycles. The third-order valence-corrected chi connectivity index (χ3v) is 3.85. The summed E-state index contributed by atoms with van der Waals surface area (Å²) in [4.78, 5) is 0. The maximum Gasteiger partial charge on any atom is 0.166 e. The summed E-state index contributed by atoms with van der Waals surface area (Å²) in [6, 6.07) is 16.2. The molecule has 2 aromatic carbocycles. The molecule has 0 aromatic heterocycles. The van der Waals surface area contributed by atoms with Gasteiger partial charge in [0.15, 0.2) is 11.5 Å². The van der Waals surface area contributed by atoms with E-state index in [-0.39, 0.29) is 18.5 Å². The molecule has 0 radical (unpaired) electrons. The molecule has 0 bridgehead atoms. The second-order valence-corrected chi connectivity index (χ2v) is 6.40. The Balaban J connectivity index is 0.00000364. The smallest absolute Gasteiger partial charge is 0.166 e. The Labute approximate surface area is 169 Å². The van der Waals surface area contributed by atoms with E-state index in [9.17, 15) is 0 Å². The van der Waals surface area contributed by atoms with Crippen molar-refractivity contribution < 1.29 is 14.2 Å². The van der Waals surface area contributed by atoms with Gasteiger partial charge in [0, 0.05) is 18.7 Å². The first kappa shape index (κ1) is 23.3. The van der Waals surface area contributed by atoms with Crippen LogP contribution >= 0.6 is 12.4 Å². The highest BCUT2D eigenvalue weighted by molar-refractivity contribution is 5.85. The first-order chi connectivity index (χ1) is 12.7. The van der Waals surface area contributed by atoms with E-state index in [2.05, 4.69) is 37.4 Å². The van der Waals surface area contributed by atoms with E-state index in [1.54, 1.807) is 0 Å². The van der Waals surface area contributed by atoms with Gasteiger partial charge in [0.1, 0.15) is 6.61 Å². The van der Waals surface area contributed by atoms with Crippen LogP contribution in [0.3, 0.4) is 0 Å². The first-order valence-corrected chi connectivity index (χ1v) is 9.44. The zero-order valence-corrected chi connectivity index (χ0v) is 17.4. The quantitative estimate of drug-likeness (QED) is 0.515. The molecule has 0 saturated carbocycles. The molecule has 2 aromatic rings. The Morgan fingerprint density at radius 1 is 0.963 bits per heavy atom. The van der Waals surface area contributed by atoms with Gasteiger partial charge in [0.25, 0.3) is 0 Å². The Morgan fingerprint density at radius 3 is 2.44 bits per heavy atom. The zero-order valence-electron chi connectivity index (χ0n) is 16.6. The van der Waals surface area contributed by atoms with E-state index in [4.69, 9.17) is 14.2 Å². The van der Waals surface area contributed by atoms with Crippen LogP contribution in [-0.4, -0.2) is 25.9 Å². The normalized spacial score (nSPS) is 10.5. The van der Waals surface area contributed by atoms with Crippen LogP contribution < -0.4 is 14.8 Å². The Hall–Kier alpha value is -1.75. The van der Waals surface area contributed by atoms with E-state index in [0.29, 0.717) is 13.2 Å². The van der Waals surface area contributed by atoms with Gasteiger partial charge in [-0.3, -0.25) is 0 Å². The monoisotopic (exact) mass is 393 g/mol. The van der Waals surface area contributed by atoms with Crippen molar-refractivity contribution >= 4 is 12.4 Å². The van der Waals surface area contributed by atoms with Crippen molar-refractivity contribution in [2.75, 3.05) is 19.8 Å². The highest BCUT2D eigenvalue weighted by atomic mass is 35.5. The summed E-state index contributed by atoms with van der Waals surface area (Å²) < 4.78 is 17.5. The third-order valence-electron chi connectivity index (χ3n) is 3.85. The predicted octanol–water partition coefficient (Wildman–Crippen LogP) is 4.99. The average Bonchev–Trinajstić information content (AvgIpc) is 2.64. The maximum atomic E-state index is 6.13. The van der Waals surface area contributed by atoms with Gasteiger partial charge in [0.05, 0.1) is 12.7 Å². The molecule has 0 fully saturated rings. The van der Waals surface area contributed by atoms with Crippen LogP contribution in [0.1, 0.15) is 38.3 Å². The number of ether oxygens (including phenoxy) is 3. The summed E-state index contributed by atoms with van der Waals surface area (Å²) >= 11 is 0. The van der Waals surface area contributed by atoms with Crippen molar-refractivity contribution in [2.45, 2.75) is 46.4 Å². The van der Waals surface area contributed by atoms with Crippen molar-refractivity contribution in [3.8, 4) is 11.5 Å². The predicted molar refractivity (Wildman–Crippen MR) is 113 cm³/mol. The van der Waals surface area contributed by atoms with Crippen molar-refractivity contribution in [3.63, 3.8) is 0 Å². The fraction of sp³-hybridized carbons (Fsp3) is 0.455. The number of rotatable bonds is 12. The lowest BCUT2D eigenvalue weighted by Gasteiger charge is -2.16. The SMILES string of the molecule is CCOc1cccc(CNCCCOC(C)C)c1OCc1ccccc1.Cl. The van der Waals surface area contributed by atoms with Crippen molar-refractivity contribution in [1.29, 1.82) is 0 Å². The fourth-order valence-corrected chi connectivity index (χ4v) is 2.60. The third kappa shape index (κ3) is 8.65. The van der Waals surface area contributed by atoms with E-state index >= 15 is 0 Å². The van der Waals surface area contributed by atoms with Crippen LogP contribution in [0.2, 0.25) is 0 Å². The lowest BCUT2D eigenvalue weighted by molar-refractivity contribution is 0.0770. The molecule has 150 valence electrons. The number of hydrogen-bond acceptors (Lipinski definition) is 4. The molecule has 4 nitrogen and oxygen atoms in total. The summed E-state index contributed by atoms with van der Waals surface area (Å²) in [5, 5.41) is 3.47. The molecule has 0 unspecified atom stereocenters. The van der Waals surface area contributed by atoms with Gasteiger partial charge in [-0.1, -0.05) is 42.5 Å². The minimum absolute atomic E-state index is 0. The van der Waals surface area contributed by atoms with Gasteiger partial charge in [0.2, 0.25) is 0 Å². The minimum Gasteiger partial charge on any atom is -0.490 e. The second-order valence-electron chi connectivity index (χ2n) is 6.40. The highest BCUT2D eigenvalue weighted by Gasteiger charge is 2.11. The molecule has 0 aliphatic heterocycles. The molecule has 0 amide bonds. The molecule has 0 spiro atoms. The van der Waals surface area contributed by atoms with Crippen molar-refractivity contribution in [1.82, 2.24) is 5.32 Å². The fourth-order valence-electron chi connectivity index (χ4n) is 2.60. The molecule has 0 aliphatic carbocycles. The Morgan fingerprint density at radius 2 is 1.74 bits per heavy atom. The second kappa shape index (κ2) is 13.4. The van der Waals surface area contributed by atoms with Crippen LogP contribution in [0.15, 0.2) is 48.5 Å². The molecule has 27 heavy (non-hydrogen) atoms. The highest BCUT2D eigenvalue weighted by Crippen LogP contribution is 2.32. The van der Waals surface area contributed by atoms with Crippen molar-refractivity contribution in [2.24, 2.45) is 0 Å². The van der Waals surface area contributed by atoms with Crippen LogP contribution in [0.25, 0.3) is 0 Å². The molecule has 5 heteroatoms. The maximum absolute atomic E-state index is 6.13. The summed E-state index contributed by atoms with van der Waals surface area (Å²) in [5.41, 5.74) is 2.25. The van der Waals surface area contributed by atoms with E-state index < -0.39 is 0 Å². The molecule has 1 N–H and O–H groups in total. The van der Waals surface area contributed by atoms with Gasteiger partial charge in [-0.05, 0) is 45.4 Å². The van der Waals surface area contributed by atoms with E-state index in [1.807, 2.05) is 37.3 Å². The van der Waals surface area contributed by atoms with Gasteiger partial charge in [-0.2, -0.15) is 0 Å². The molecular formula is C22H32ClNO3. The summed E-state index contributed by atoms with van der Waals surface area (Å²) in [7, 11) is 0. The topological polar surface area (TPSA) is 39.7 Å². The molecule has 0 saturated heterocycles. The first-order valence-electron chi connectivity index (χ1n) is 9.44.